The molecule has 0 radical (unpaired) electrons. The summed E-state index contributed by atoms with van der Waals surface area (Å²) in [5, 5.41) is 34.4. The molecule has 1 aliphatic rings. The fourth-order valence-corrected chi connectivity index (χ4v) is 4.29. The number of alkyl halides is 1. The summed E-state index contributed by atoms with van der Waals surface area (Å²) < 4.78 is 0.294. The normalized spacial score (nSPS) is 36.5. The third-order valence-corrected chi connectivity index (χ3v) is 6.83. The average Bonchev–Trinajstić information content (AvgIpc) is 2.76. The first kappa shape index (κ1) is 30.6. The minimum absolute atomic E-state index is 0.0251. The quantitative estimate of drug-likeness (QED) is 0.207. The number of carbonyl (C=O) groups is 1. The van der Waals surface area contributed by atoms with Gasteiger partial charge in [0.2, 0.25) is 5.91 Å². The predicted octanol–water partition coefficient (Wildman–Crippen LogP) is 5.24. The molecule has 6 heteroatoms. The van der Waals surface area contributed by atoms with Crippen molar-refractivity contribution in [2.45, 2.75) is 94.0 Å². The Balaban J connectivity index is 3.13. The van der Waals surface area contributed by atoms with Gasteiger partial charge >= 0.3 is 0 Å². The first-order valence-corrected chi connectivity index (χ1v) is 13.3. The summed E-state index contributed by atoms with van der Waals surface area (Å²) in [5.74, 6) is -0.145. The van der Waals surface area contributed by atoms with Gasteiger partial charge in [-0.2, -0.15) is 0 Å². The highest BCUT2D eigenvalue weighted by Gasteiger charge is 2.22. The summed E-state index contributed by atoms with van der Waals surface area (Å²) in [6.07, 6.45) is 20.5. The van der Waals surface area contributed by atoms with Crippen molar-refractivity contribution in [3.05, 3.63) is 71.9 Å². The van der Waals surface area contributed by atoms with E-state index in [2.05, 4.69) is 53.1 Å². The molecule has 34 heavy (non-hydrogen) atoms. The van der Waals surface area contributed by atoms with Crippen molar-refractivity contribution in [2.24, 2.45) is 0 Å². The second-order valence-electron chi connectivity index (χ2n) is 9.17. The van der Waals surface area contributed by atoms with Crippen LogP contribution >= 0.6 is 22.6 Å². The van der Waals surface area contributed by atoms with E-state index in [0.717, 1.165) is 43.3 Å². The molecule has 0 fully saturated rings. The number of hydrogen-bond acceptors (Lipinski definition) is 4. The van der Waals surface area contributed by atoms with Gasteiger partial charge in [-0.05, 0) is 58.4 Å². The second kappa shape index (κ2) is 16.2. The molecule has 1 aliphatic heterocycles. The molecule has 0 aromatic rings. The van der Waals surface area contributed by atoms with Crippen LogP contribution in [-0.2, 0) is 4.79 Å². The summed E-state index contributed by atoms with van der Waals surface area (Å²) in [7, 11) is 0. The summed E-state index contributed by atoms with van der Waals surface area (Å²) in [6, 6.07) is 0.0251. The largest absolute Gasteiger partial charge is 0.386 e. The summed E-state index contributed by atoms with van der Waals surface area (Å²) in [5.41, 5.74) is 0.570. The van der Waals surface area contributed by atoms with Crippen LogP contribution in [0.3, 0.4) is 0 Å². The summed E-state index contributed by atoms with van der Waals surface area (Å²) in [6.45, 7) is 7.62. The van der Waals surface area contributed by atoms with Gasteiger partial charge in [0.25, 0.3) is 0 Å². The van der Waals surface area contributed by atoms with E-state index in [1.807, 2.05) is 13.8 Å². The van der Waals surface area contributed by atoms with E-state index in [4.69, 9.17) is 0 Å². The third kappa shape index (κ3) is 12.8. The number of halogens is 1. The van der Waals surface area contributed by atoms with E-state index in [1.54, 1.807) is 37.3 Å². The lowest BCUT2D eigenvalue weighted by Gasteiger charge is -2.24. The molecule has 0 saturated carbocycles. The fraction of sp³-hybridized carbons (Fsp3) is 0.536. The zero-order chi connectivity index (χ0) is 25.6. The average molecular weight is 584 g/mol. The standard InChI is InChI=1S/C28H42INO4/c1-5-6-7-8-13-24-20-23(29)17-16-22(3)28(4,34)18-11-14-25(31)26(32)19-21(2)12-9-10-15-27(33)30-24/h7-12,14-16,19,23-26,31-32,34H,5-6,13,17-18,20H2,1-4H3,(H,30,33)/b8-7+,12-9+,14-11-,15-10+,21-19-,22-16+. The highest BCUT2D eigenvalue weighted by atomic mass is 127. The lowest BCUT2D eigenvalue weighted by molar-refractivity contribution is -0.117. The van der Waals surface area contributed by atoms with Gasteiger partial charge in [-0.25, -0.2) is 0 Å². The molecule has 4 N–H and O–H groups in total. The molecule has 190 valence electrons. The van der Waals surface area contributed by atoms with E-state index in [1.165, 1.54) is 12.2 Å². The van der Waals surface area contributed by atoms with E-state index in [0.29, 0.717) is 10.3 Å². The molecule has 5 unspecified atom stereocenters. The van der Waals surface area contributed by atoms with Crippen LogP contribution in [0.5, 0.6) is 0 Å². The zero-order valence-electron chi connectivity index (χ0n) is 21.0. The Labute approximate surface area is 219 Å². The second-order valence-corrected chi connectivity index (χ2v) is 10.9. The minimum atomic E-state index is -1.07. The van der Waals surface area contributed by atoms with E-state index in [-0.39, 0.29) is 11.9 Å². The molecule has 5 atom stereocenters. The van der Waals surface area contributed by atoms with Crippen molar-refractivity contribution < 1.29 is 20.1 Å². The van der Waals surface area contributed by atoms with Crippen molar-refractivity contribution >= 4 is 28.5 Å². The van der Waals surface area contributed by atoms with Crippen molar-refractivity contribution in [2.75, 3.05) is 0 Å². The summed E-state index contributed by atoms with van der Waals surface area (Å²) in [4.78, 5) is 12.5. The Hall–Kier alpha value is -1.48. The Morgan fingerprint density at radius 2 is 1.88 bits per heavy atom. The highest BCUT2D eigenvalue weighted by molar-refractivity contribution is 14.1. The first-order chi connectivity index (χ1) is 16.0. The Bertz CT molecular complexity index is 807. The van der Waals surface area contributed by atoms with E-state index in [9.17, 15) is 20.1 Å². The van der Waals surface area contributed by atoms with Gasteiger partial charge in [0.15, 0.2) is 0 Å². The van der Waals surface area contributed by atoms with Crippen LogP contribution in [0, 0.1) is 0 Å². The fourth-order valence-electron chi connectivity index (χ4n) is 3.42. The molecule has 1 rings (SSSR count). The van der Waals surface area contributed by atoms with Crippen molar-refractivity contribution in [1.29, 1.82) is 0 Å². The van der Waals surface area contributed by atoms with Gasteiger partial charge in [0.1, 0.15) is 12.2 Å². The lowest BCUT2D eigenvalue weighted by atomic mass is 9.91. The maximum absolute atomic E-state index is 12.5. The van der Waals surface area contributed by atoms with Crippen LogP contribution in [-0.4, -0.2) is 49.0 Å². The Kier molecular flexibility index (Phi) is 14.6. The van der Waals surface area contributed by atoms with Gasteiger partial charge in [-0.1, -0.05) is 96.2 Å². The molecule has 0 aromatic carbocycles. The molecule has 0 aliphatic carbocycles. The monoisotopic (exact) mass is 583 g/mol. The van der Waals surface area contributed by atoms with Crippen molar-refractivity contribution in [3.63, 3.8) is 0 Å². The number of nitrogens with one attached hydrogen (secondary N) is 1. The molecule has 0 spiro atoms. The first-order valence-electron chi connectivity index (χ1n) is 12.1. The third-order valence-electron chi connectivity index (χ3n) is 5.81. The van der Waals surface area contributed by atoms with E-state index < -0.39 is 17.8 Å². The van der Waals surface area contributed by atoms with Crippen LogP contribution in [0.25, 0.3) is 0 Å². The number of carbonyl (C=O) groups excluding carboxylic acids is 1. The number of hydrogen-bond donors (Lipinski definition) is 4. The van der Waals surface area contributed by atoms with Crippen molar-refractivity contribution in [1.82, 2.24) is 5.32 Å². The molecule has 1 amide bonds. The van der Waals surface area contributed by atoms with Crippen LogP contribution in [0.2, 0.25) is 0 Å². The predicted molar refractivity (Wildman–Crippen MR) is 150 cm³/mol. The number of allylic oxidation sites excluding steroid dienone is 6. The molecular formula is C28H42INO4. The smallest absolute Gasteiger partial charge is 0.244 e. The highest BCUT2D eigenvalue weighted by Crippen LogP contribution is 2.24. The topological polar surface area (TPSA) is 89.8 Å². The zero-order valence-corrected chi connectivity index (χ0v) is 23.1. The maximum atomic E-state index is 12.5. The number of rotatable bonds is 4. The number of aliphatic hydroxyl groups excluding tert-OH is 2. The number of amides is 1. The summed E-state index contributed by atoms with van der Waals surface area (Å²) >= 11 is 2.41. The van der Waals surface area contributed by atoms with Gasteiger partial charge in [0, 0.05) is 16.0 Å². The van der Waals surface area contributed by atoms with Gasteiger partial charge in [-0.3, -0.25) is 4.79 Å². The number of aliphatic hydroxyl groups is 3. The number of unbranched alkanes of at least 4 members (excludes halogenated alkanes) is 1. The van der Waals surface area contributed by atoms with E-state index >= 15 is 0 Å². The van der Waals surface area contributed by atoms with Gasteiger partial charge in [0.05, 0.1) is 5.60 Å². The van der Waals surface area contributed by atoms with Crippen LogP contribution in [0.15, 0.2) is 71.9 Å². The molecule has 5 nitrogen and oxygen atoms in total. The Morgan fingerprint density at radius 1 is 1.18 bits per heavy atom. The molecule has 0 bridgehead atoms. The SMILES string of the molecule is CCC/C=C/CC1CC(I)C/C=C(\C)C(C)(O)C/C=C\C(O)C(O)\C=C(C)/C=C/C=C/C(=O)N1. The van der Waals surface area contributed by atoms with Crippen LogP contribution < -0.4 is 5.32 Å². The lowest BCUT2D eigenvalue weighted by Crippen LogP contribution is -2.35. The molecule has 0 aromatic heterocycles. The van der Waals surface area contributed by atoms with Crippen molar-refractivity contribution in [3.8, 4) is 0 Å². The maximum Gasteiger partial charge on any atom is 0.244 e. The van der Waals surface area contributed by atoms with Crippen LogP contribution in [0.1, 0.15) is 66.2 Å². The molecule has 0 saturated heterocycles. The van der Waals surface area contributed by atoms with Gasteiger partial charge in [-0.15, -0.1) is 0 Å². The molecular weight excluding hydrogens is 541 g/mol. The van der Waals surface area contributed by atoms with Gasteiger partial charge < -0.3 is 20.6 Å². The minimum Gasteiger partial charge on any atom is -0.386 e. The molecule has 1 heterocycles. The Morgan fingerprint density at radius 3 is 2.59 bits per heavy atom. The van der Waals surface area contributed by atoms with Crippen LogP contribution in [0.4, 0.5) is 0 Å².